The van der Waals surface area contributed by atoms with Crippen LogP contribution in [0.1, 0.15) is 63.4 Å². The SMILES string of the molecule is CCCCCO[C@H]1C[C@@H](c2ccc3c(c2)OCO3)C=C(C(=O)N2CCCCC2)O1. The van der Waals surface area contributed by atoms with Gasteiger partial charge in [-0.05, 0) is 49.5 Å². The molecule has 2 atom stereocenters. The van der Waals surface area contributed by atoms with Crippen LogP contribution in [0.25, 0.3) is 0 Å². The first kappa shape index (κ1) is 20.1. The van der Waals surface area contributed by atoms with E-state index in [-0.39, 0.29) is 18.6 Å². The maximum Gasteiger partial charge on any atom is 0.288 e. The fourth-order valence-corrected chi connectivity index (χ4v) is 4.11. The Morgan fingerprint density at radius 3 is 2.79 bits per heavy atom. The standard InChI is InChI=1S/C23H31NO5/c1-2-3-7-12-26-22-15-18(17-8-9-19-20(13-17)28-16-27-19)14-21(29-22)23(25)24-10-5-4-6-11-24/h8-9,13-14,18,22H,2-7,10-12,15-16H2,1H3/t18-,22+/m0/s1. The zero-order chi connectivity index (χ0) is 20.1. The summed E-state index contributed by atoms with van der Waals surface area (Å²) in [6.07, 6.45) is 8.82. The third kappa shape index (κ3) is 4.86. The van der Waals surface area contributed by atoms with E-state index < -0.39 is 6.29 Å². The number of amides is 1. The lowest BCUT2D eigenvalue weighted by Gasteiger charge is -2.33. The highest BCUT2D eigenvalue weighted by molar-refractivity contribution is 5.91. The number of fused-ring (bicyclic) bond motifs is 1. The van der Waals surface area contributed by atoms with E-state index >= 15 is 0 Å². The minimum absolute atomic E-state index is 0.0164. The van der Waals surface area contributed by atoms with Crippen LogP contribution in [-0.4, -0.2) is 43.6 Å². The molecule has 1 fully saturated rings. The Labute approximate surface area is 172 Å². The molecular weight excluding hydrogens is 370 g/mol. The molecule has 0 saturated carbocycles. The van der Waals surface area contributed by atoms with E-state index in [2.05, 4.69) is 6.92 Å². The van der Waals surface area contributed by atoms with Gasteiger partial charge in [0.15, 0.2) is 17.3 Å². The molecule has 0 aromatic heterocycles. The predicted molar refractivity (Wildman–Crippen MR) is 109 cm³/mol. The van der Waals surface area contributed by atoms with E-state index in [0.717, 1.165) is 62.3 Å². The molecule has 0 N–H and O–H groups in total. The minimum Gasteiger partial charge on any atom is -0.459 e. The molecule has 1 amide bonds. The summed E-state index contributed by atoms with van der Waals surface area (Å²) < 4.78 is 23.0. The smallest absolute Gasteiger partial charge is 0.288 e. The van der Waals surface area contributed by atoms with Crippen LogP contribution in [0.3, 0.4) is 0 Å². The van der Waals surface area contributed by atoms with Gasteiger partial charge in [0.25, 0.3) is 5.91 Å². The predicted octanol–water partition coefficient (Wildman–Crippen LogP) is 4.35. The number of likely N-dealkylation sites (tertiary alicyclic amines) is 1. The maximum atomic E-state index is 13.1. The lowest BCUT2D eigenvalue weighted by atomic mass is 9.92. The second-order valence-electron chi connectivity index (χ2n) is 7.96. The number of benzene rings is 1. The molecule has 0 bridgehead atoms. The quantitative estimate of drug-likeness (QED) is 0.636. The molecule has 0 spiro atoms. The van der Waals surface area contributed by atoms with Crippen LogP contribution in [-0.2, 0) is 14.3 Å². The highest BCUT2D eigenvalue weighted by atomic mass is 16.7. The second kappa shape index (κ2) is 9.53. The zero-order valence-corrected chi connectivity index (χ0v) is 17.2. The van der Waals surface area contributed by atoms with E-state index in [1.165, 1.54) is 6.42 Å². The summed E-state index contributed by atoms with van der Waals surface area (Å²) in [7, 11) is 0. The third-order valence-corrected chi connectivity index (χ3v) is 5.79. The molecule has 0 radical (unpaired) electrons. The molecular formula is C23H31NO5. The van der Waals surface area contributed by atoms with Gasteiger partial charge in [-0.15, -0.1) is 0 Å². The Morgan fingerprint density at radius 2 is 1.97 bits per heavy atom. The number of hydrogen-bond donors (Lipinski definition) is 0. The molecule has 6 nitrogen and oxygen atoms in total. The van der Waals surface area contributed by atoms with Gasteiger partial charge in [-0.2, -0.15) is 0 Å². The van der Waals surface area contributed by atoms with Gasteiger partial charge in [0.1, 0.15) is 0 Å². The van der Waals surface area contributed by atoms with Gasteiger partial charge in [0.2, 0.25) is 13.1 Å². The summed E-state index contributed by atoms with van der Waals surface area (Å²) in [4.78, 5) is 15.0. The number of hydrogen-bond acceptors (Lipinski definition) is 5. The van der Waals surface area contributed by atoms with Crippen molar-refractivity contribution in [1.82, 2.24) is 4.90 Å². The zero-order valence-electron chi connectivity index (χ0n) is 17.2. The van der Waals surface area contributed by atoms with Crippen LogP contribution in [0, 0.1) is 0 Å². The van der Waals surface area contributed by atoms with Gasteiger partial charge in [-0.1, -0.05) is 25.8 Å². The van der Waals surface area contributed by atoms with Crippen LogP contribution < -0.4 is 9.47 Å². The summed E-state index contributed by atoms with van der Waals surface area (Å²) >= 11 is 0. The van der Waals surface area contributed by atoms with Crippen molar-refractivity contribution in [2.45, 2.75) is 64.1 Å². The molecule has 3 aliphatic rings. The fourth-order valence-electron chi connectivity index (χ4n) is 4.11. The number of nitrogens with zero attached hydrogens (tertiary/aromatic N) is 1. The number of ether oxygens (including phenoxy) is 4. The highest BCUT2D eigenvalue weighted by Gasteiger charge is 2.32. The van der Waals surface area contributed by atoms with E-state index in [4.69, 9.17) is 18.9 Å². The first-order valence-corrected chi connectivity index (χ1v) is 10.9. The van der Waals surface area contributed by atoms with Crippen molar-refractivity contribution in [2.75, 3.05) is 26.5 Å². The largest absolute Gasteiger partial charge is 0.459 e. The first-order chi connectivity index (χ1) is 14.2. The summed E-state index contributed by atoms with van der Waals surface area (Å²) in [5.41, 5.74) is 1.09. The Hall–Kier alpha value is -2.21. The number of unbranched alkanes of at least 4 members (excludes halogenated alkanes) is 2. The summed E-state index contributed by atoms with van der Waals surface area (Å²) in [5.74, 6) is 1.96. The van der Waals surface area contributed by atoms with E-state index in [1.54, 1.807) is 0 Å². The van der Waals surface area contributed by atoms with E-state index in [1.807, 2.05) is 29.2 Å². The summed E-state index contributed by atoms with van der Waals surface area (Å²) in [5, 5.41) is 0. The van der Waals surface area contributed by atoms with Gasteiger partial charge >= 0.3 is 0 Å². The molecule has 1 aromatic rings. The third-order valence-electron chi connectivity index (χ3n) is 5.79. The molecule has 158 valence electrons. The van der Waals surface area contributed by atoms with E-state index in [0.29, 0.717) is 18.8 Å². The number of rotatable bonds is 7. The number of allylic oxidation sites excluding steroid dienone is 1. The number of piperidine rings is 1. The molecule has 1 aromatic carbocycles. The molecule has 0 aliphatic carbocycles. The van der Waals surface area contributed by atoms with Gasteiger partial charge in [-0.3, -0.25) is 4.79 Å². The normalized spacial score (nSPS) is 23.5. The van der Waals surface area contributed by atoms with Gasteiger partial charge in [-0.25, -0.2) is 0 Å². The first-order valence-electron chi connectivity index (χ1n) is 10.9. The molecule has 3 aliphatic heterocycles. The van der Waals surface area contributed by atoms with Crippen LogP contribution >= 0.6 is 0 Å². The van der Waals surface area contributed by atoms with Gasteiger partial charge in [0, 0.05) is 25.4 Å². The average Bonchev–Trinajstić information content (AvgIpc) is 3.24. The van der Waals surface area contributed by atoms with E-state index in [9.17, 15) is 4.79 Å². The van der Waals surface area contributed by atoms with Gasteiger partial charge < -0.3 is 23.8 Å². The van der Waals surface area contributed by atoms with Crippen LogP contribution in [0.2, 0.25) is 0 Å². The van der Waals surface area contributed by atoms with Crippen LogP contribution in [0.15, 0.2) is 30.0 Å². The van der Waals surface area contributed by atoms with Crippen molar-refractivity contribution < 1.29 is 23.7 Å². The monoisotopic (exact) mass is 401 g/mol. The molecule has 4 rings (SSSR count). The Morgan fingerprint density at radius 1 is 1.14 bits per heavy atom. The Kier molecular flexibility index (Phi) is 6.60. The second-order valence-corrected chi connectivity index (χ2v) is 7.96. The summed E-state index contributed by atoms with van der Waals surface area (Å²) in [6, 6.07) is 5.98. The van der Waals surface area contributed by atoms with Gasteiger partial charge in [0.05, 0.1) is 6.61 Å². The van der Waals surface area contributed by atoms with Crippen molar-refractivity contribution in [3.63, 3.8) is 0 Å². The fraction of sp³-hybridized carbons (Fsp3) is 0.609. The van der Waals surface area contributed by atoms with Crippen molar-refractivity contribution in [3.8, 4) is 11.5 Å². The lowest BCUT2D eigenvalue weighted by Crippen LogP contribution is -2.39. The Balaban J connectivity index is 1.52. The molecule has 1 saturated heterocycles. The molecule has 6 heteroatoms. The maximum absolute atomic E-state index is 13.1. The van der Waals surface area contributed by atoms with Crippen molar-refractivity contribution in [3.05, 3.63) is 35.6 Å². The molecule has 3 heterocycles. The van der Waals surface area contributed by atoms with Crippen molar-refractivity contribution in [1.29, 1.82) is 0 Å². The molecule has 29 heavy (non-hydrogen) atoms. The highest BCUT2D eigenvalue weighted by Crippen LogP contribution is 2.38. The number of carbonyl (C=O) groups excluding carboxylic acids is 1. The lowest BCUT2D eigenvalue weighted by molar-refractivity contribution is -0.153. The summed E-state index contributed by atoms with van der Waals surface area (Å²) in [6.45, 7) is 4.68. The number of carbonyl (C=O) groups is 1. The van der Waals surface area contributed by atoms with Crippen molar-refractivity contribution in [2.24, 2.45) is 0 Å². The minimum atomic E-state index is -0.406. The average molecular weight is 402 g/mol. The molecule has 0 unspecified atom stereocenters. The van der Waals surface area contributed by atoms with Crippen LogP contribution in [0.5, 0.6) is 11.5 Å². The van der Waals surface area contributed by atoms with Crippen LogP contribution in [0.4, 0.5) is 0 Å². The Bertz CT molecular complexity index is 741. The topological polar surface area (TPSA) is 57.2 Å². The van der Waals surface area contributed by atoms with Crippen molar-refractivity contribution >= 4 is 5.91 Å².